The molecular weight excluding hydrogens is 487 g/mol. The van der Waals surface area contributed by atoms with Crippen LogP contribution in [0.4, 0.5) is 23.7 Å². The number of rotatable bonds is 6. The number of urea groups is 1. The zero-order chi connectivity index (χ0) is 26.6. The molecule has 0 radical (unpaired) electrons. The monoisotopic (exact) mass is 511 g/mol. The predicted molar refractivity (Wildman–Crippen MR) is 131 cm³/mol. The molecule has 192 valence electrons. The van der Waals surface area contributed by atoms with E-state index in [0.717, 1.165) is 23.3 Å². The molecule has 1 fully saturated rings. The van der Waals surface area contributed by atoms with E-state index in [2.05, 4.69) is 10.6 Å². The van der Waals surface area contributed by atoms with Crippen molar-refractivity contribution in [3.05, 3.63) is 89.5 Å². The number of alkyl halides is 3. The summed E-state index contributed by atoms with van der Waals surface area (Å²) in [4.78, 5) is 38.0. The summed E-state index contributed by atoms with van der Waals surface area (Å²) in [6.07, 6.45) is -3.28. The van der Waals surface area contributed by atoms with E-state index in [1.165, 1.54) is 29.2 Å². The van der Waals surface area contributed by atoms with Crippen LogP contribution in [0.15, 0.2) is 72.8 Å². The number of carboxylic acids is 1. The van der Waals surface area contributed by atoms with Crippen molar-refractivity contribution in [1.82, 2.24) is 10.2 Å². The maximum atomic E-state index is 12.9. The maximum absolute atomic E-state index is 12.9. The Hall–Kier alpha value is -4.34. The van der Waals surface area contributed by atoms with Crippen LogP contribution in [-0.2, 0) is 17.5 Å². The van der Waals surface area contributed by atoms with Gasteiger partial charge in [0.1, 0.15) is 6.04 Å². The van der Waals surface area contributed by atoms with Gasteiger partial charge in [-0.2, -0.15) is 13.2 Å². The summed E-state index contributed by atoms with van der Waals surface area (Å²) in [5.74, 6) is -1.33. The average molecular weight is 512 g/mol. The van der Waals surface area contributed by atoms with Crippen molar-refractivity contribution in [3.8, 4) is 11.1 Å². The molecule has 10 heteroatoms. The molecule has 0 bridgehead atoms. The van der Waals surface area contributed by atoms with Gasteiger partial charge in [0.25, 0.3) is 0 Å². The number of hydrogen-bond acceptors (Lipinski definition) is 3. The second-order valence-corrected chi connectivity index (χ2v) is 8.65. The first kappa shape index (κ1) is 25.7. The topological polar surface area (TPSA) is 98.7 Å². The van der Waals surface area contributed by atoms with Crippen molar-refractivity contribution < 1.29 is 32.7 Å². The highest BCUT2D eigenvalue weighted by Crippen LogP contribution is 2.29. The molecule has 37 heavy (non-hydrogen) atoms. The minimum atomic E-state index is -4.42. The molecule has 7 nitrogen and oxygen atoms in total. The molecule has 3 aromatic rings. The van der Waals surface area contributed by atoms with E-state index in [-0.39, 0.29) is 18.0 Å². The van der Waals surface area contributed by atoms with Crippen LogP contribution in [0.5, 0.6) is 0 Å². The number of likely N-dealkylation sites (tertiary alicyclic amines) is 1. The summed E-state index contributed by atoms with van der Waals surface area (Å²) >= 11 is 0. The molecule has 1 saturated heterocycles. The molecule has 1 aliphatic rings. The highest BCUT2D eigenvalue weighted by atomic mass is 19.4. The number of benzene rings is 3. The molecule has 0 aromatic heterocycles. The van der Waals surface area contributed by atoms with Crippen LogP contribution in [0.25, 0.3) is 11.1 Å². The van der Waals surface area contributed by atoms with Gasteiger partial charge >= 0.3 is 18.2 Å². The van der Waals surface area contributed by atoms with E-state index in [4.69, 9.17) is 5.11 Å². The van der Waals surface area contributed by atoms with Gasteiger partial charge in [-0.05, 0) is 65.9 Å². The van der Waals surface area contributed by atoms with Gasteiger partial charge in [0.2, 0.25) is 5.91 Å². The molecule has 0 unspecified atom stereocenters. The zero-order valence-corrected chi connectivity index (χ0v) is 19.6. The van der Waals surface area contributed by atoms with Crippen LogP contribution in [0.2, 0.25) is 0 Å². The van der Waals surface area contributed by atoms with Crippen LogP contribution in [0.3, 0.4) is 0 Å². The third kappa shape index (κ3) is 6.27. The molecule has 0 aliphatic carbocycles. The zero-order valence-electron chi connectivity index (χ0n) is 19.6. The summed E-state index contributed by atoms with van der Waals surface area (Å²) < 4.78 is 38.1. The number of amides is 3. The minimum Gasteiger partial charge on any atom is -0.478 e. The number of aromatic carboxylic acids is 1. The van der Waals surface area contributed by atoms with Gasteiger partial charge in [0, 0.05) is 18.8 Å². The van der Waals surface area contributed by atoms with Crippen LogP contribution in [0.1, 0.15) is 34.3 Å². The first-order valence-corrected chi connectivity index (χ1v) is 11.6. The standard InChI is InChI=1S/C27H24F3N3O4/c28-27(29,30)21-11-3-17(4-12-21)16-31-26(37)33-15-1-2-23(33)24(34)32-22-13-9-19(10-14-22)18-5-7-20(8-6-18)25(35)36/h3-14,23H,1-2,15-16H2,(H,31,37)(H,32,34)(H,35,36)/t23-/m1/s1. The Morgan fingerprint density at radius 1 is 0.892 bits per heavy atom. The van der Waals surface area contributed by atoms with E-state index in [1.54, 1.807) is 36.4 Å². The number of carboxylic acid groups (broad SMARTS) is 1. The largest absolute Gasteiger partial charge is 0.478 e. The number of anilines is 1. The van der Waals surface area contributed by atoms with Gasteiger partial charge in [0.15, 0.2) is 0 Å². The van der Waals surface area contributed by atoms with E-state index in [9.17, 15) is 27.6 Å². The van der Waals surface area contributed by atoms with Gasteiger partial charge in [-0.15, -0.1) is 0 Å². The number of halogens is 3. The first-order chi connectivity index (χ1) is 17.6. The van der Waals surface area contributed by atoms with Crippen molar-refractivity contribution in [2.24, 2.45) is 0 Å². The van der Waals surface area contributed by atoms with Gasteiger partial charge < -0.3 is 20.6 Å². The van der Waals surface area contributed by atoms with Crippen molar-refractivity contribution in [2.75, 3.05) is 11.9 Å². The quantitative estimate of drug-likeness (QED) is 0.414. The Morgan fingerprint density at radius 3 is 2.05 bits per heavy atom. The number of nitrogens with one attached hydrogen (secondary N) is 2. The summed E-state index contributed by atoms with van der Waals surface area (Å²) in [6.45, 7) is 0.429. The Balaban J connectivity index is 1.33. The van der Waals surface area contributed by atoms with E-state index < -0.39 is 29.8 Å². The number of hydrogen-bond donors (Lipinski definition) is 3. The van der Waals surface area contributed by atoms with Gasteiger partial charge in [-0.1, -0.05) is 36.4 Å². The second kappa shape index (κ2) is 10.7. The van der Waals surface area contributed by atoms with Gasteiger partial charge in [-0.25, -0.2) is 9.59 Å². The molecular formula is C27H24F3N3O4. The minimum absolute atomic E-state index is 0.0384. The molecule has 3 aromatic carbocycles. The fourth-order valence-corrected chi connectivity index (χ4v) is 4.15. The first-order valence-electron chi connectivity index (χ1n) is 11.6. The number of carbonyl (C=O) groups excluding carboxylic acids is 2. The second-order valence-electron chi connectivity index (χ2n) is 8.65. The van der Waals surface area contributed by atoms with Crippen LogP contribution >= 0.6 is 0 Å². The fraction of sp³-hybridized carbons (Fsp3) is 0.222. The summed E-state index contributed by atoms with van der Waals surface area (Å²) in [5, 5.41) is 14.5. The van der Waals surface area contributed by atoms with Crippen LogP contribution < -0.4 is 10.6 Å². The van der Waals surface area contributed by atoms with Crippen LogP contribution in [-0.4, -0.2) is 40.5 Å². The molecule has 0 saturated carbocycles. The van der Waals surface area contributed by atoms with Gasteiger partial charge in [0.05, 0.1) is 11.1 Å². The highest BCUT2D eigenvalue weighted by molar-refractivity contribution is 5.97. The Kier molecular flexibility index (Phi) is 7.47. The lowest BCUT2D eigenvalue weighted by Crippen LogP contribution is -2.47. The van der Waals surface area contributed by atoms with Gasteiger partial charge in [-0.3, -0.25) is 4.79 Å². The average Bonchev–Trinajstić information content (AvgIpc) is 3.38. The lowest BCUT2D eigenvalue weighted by atomic mass is 10.0. The maximum Gasteiger partial charge on any atom is 0.416 e. The third-order valence-corrected chi connectivity index (χ3v) is 6.16. The van der Waals surface area contributed by atoms with Crippen molar-refractivity contribution >= 4 is 23.6 Å². The normalized spacial score (nSPS) is 15.3. The predicted octanol–water partition coefficient (Wildman–Crippen LogP) is 5.38. The lowest BCUT2D eigenvalue weighted by Gasteiger charge is -2.24. The summed E-state index contributed by atoms with van der Waals surface area (Å²) in [7, 11) is 0. The molecule has 4 rings (SSSR count). The fourth-order valence-electron chi connectivity index (χ4n) is 4.15. The molecule has 1 heterocycles. The molecule has 1 aliphatic heterocycles. The smallest absolute Gasteiger partial charge is 0.416 e. The summed E-state index contributed by atoms with van der Waals surface area (Å²) in [5.41, 5.74) is 2.17. The number of nitrogens with zero attached hydrogens (tertiary/aromatic N) is 1. The third-order valence-electron chi connectivity index (χ3n) is 6.16. The highest BCUT2D eigenvalue weighted by Gasteiger charge is 2.34. The van der Waals surface area contributed by atoms with Crippen molar-refractivity contribution in [1.29, 1.82) is 0 Å². The number of carbonyl (C=O) groups is 3. The Morgan fingerprint density at radius 2 is 1.49 bits per heavy atom. The Labute approximate surface area is 210 Å². The van der Waals surface area contributed by atoms with Crippen LogP contribution in [0, 0.1) is 0 Å². The van der Waals surface area contributed by atoms with Crippen molar-refractivity contribution in [3.63, 3.8) is 0 Å². The van der Waals surface area contributed by atoms with E-state index >= 15 is 0 Å². The molecule has 1 atom stereocenters. The molecule has 3 amide bonds. The van der Waals surface area contributed by atoms with E-state index in [0.29, 0.717) is 30.6 Å². The van der Waals surface area contributed by atoms with Crippen molar-refractivity contribution in [2.45, 2.75) is 31.6 Å². The lowest BCUT2D eigenvalue weighted by molar-refractivity contribution is -0.137. The Bertz CT molecular complexity index is 1270. The molecule has 3 N–H and O–H groups in total. The summed E-state index contributed by atoms with van der Waals surface area (Å²) in [6, 6.07) is 16.9. The molecule has 0 spiro atoms. The van der Waals surface area contributed by atoms with E-state index in [1.807, 2.05) is 0 Å². The SMILES string of the molecule is O=C(O)c1ccc(-c2ccc(NC(=O)[C@H]3CCCN3C(=O)NCc3ccc(C(F)(F)F)cc3)cc2)cc1.